The molecule has 4 aliphatic heterocycles. The van der Waals surface area contributed by atoms with Crippen LogP contribution in [-0.4, -0.2) is 95.5 Å². The quantitative estimate of drug-likeness (QED) is 0.0127. The van der Waals surface area contributed by atoms with E-state index in [2.05, 4.69) is 206 Å². The summed E-state index contributed by atoms with van der Waals surface area (Å²) in [5.74, 6) is -0.204. The van der Waals surface area contributed by atoms with Crippen molar-refractivity contribution in [3.8, 4) is 0 Å². The number of thiazole rings is 1. The van der Waals surface area contributed by atoms with E-state index in [-0.39, 0.29) is 36.5 Å². The number of amides is 2. The molecule has 2 saturated carbocycles. The van der Waals surface area contributed by atoms with E-state index in [0.717, 1.165) is 95.1 Å². The van der Waals surface area contributed by atoms with Crippen molar-refractivity contribution < 1.29 is 28.5 Å². The van der Waals surface area contributed by atoms with Gasteiger partial charge < -0.3 is 29.6 Å². The third kappa shape index (κ3) is 14.8. The van der Waals surface area contributed by atoms with Gasteiger partial charge in [-0.3, -0.25) is 23.9 Å². The molecular formula is C86H78N9O6S3+. The van der Waals surface area contributed by atoms with Crippen LogP contribution in [0.25, 0.3) is 51.3 Å². The number of carbonyl (C=O) groups is 3. The number of anilines is 4. The van der Waals surface area contributed by atoms with Crippen molar-refractivity contribution in [2.24, 2.45) is 0 Å². The lowest BCUT2D eigenvalue weighted by Crippen LogP contribution is -2.43. The third-order valence-electron chi connectivity index (χ3n) is 20.6. The first kappa shape index (κ1) is 69.0. The number of nitrogens with one attached hydrogen (secondary N) is 2. The predicted octanol–water partition coefficient (Wildman–Crippen LogP) is 14.3. The van der Waals surface area contributed by atoms with Gasteiger partial charge in [0, 0.05) is 85.5 Å². The van der Waals surface area contributed by atoms with Gasteiger partial charge in [0.2, 0.25) is 5.91 Å². The Bertz CT molecular complexity index is 5140. The van der Waals surface area contributed by atoms with E-state index in [9.17, 15) is 19.2 Å². The minimum atomic E-state index is -0.347. The van der Waals surface area contributed by atoms with Crippen molar-refractivity contribution in [2.75, 3.05) is 56.7 Å². The van der Waals surface area contributed by atoms with Crippen molar-refractivity contribution in [1.29, 1.82) is 0 Å². The van der Waals surface area contributed by atoms with Crippen LogP contribution in [0.15, 0.2) is 223 Å². The number of thiocarbonyl (C=S) groups is 1. The number of carbonyl (C=O) groups excluding carboxylic acids is 3. The number of pyridine rings is 1. The van der Waals surface area contributed by atoms with Crippen molar-refractivity contribution in [3.63, 3.8) is 0 Å². The zero-order chi connectivity index (χ0) is 71.2. The Kier molecular flexibility index (Phi) is 20.6. The van der Waals surface area contributed by atoms with Crippen LogP contribution in [0.2, 0.25) is 0 Å². The zero-order valence-corrected chi connectivity index (χ0v) is 60.4. The van der Waals surface area contributed by atoms with Gasteiger partial charge in [-0.15, -0.1) is 11.3 Å². The average molecular weight is 1430 g/mol. The molecule has 104 heavy (non-hydrogen) atoms. The molecule has 0 spiro atoms. The highest BCUT2D eigenvalue weighted by atomic mass is 32.2. The van der Waals surface area contributed by atoms with Gasteiger partial charge in [0.05, 0.1) is 30.3 Å². The van der Waals surface area contributed by atoms with Crippen LogP contribution in [0.5, 0.6) is 0 Å². The number of methoxy groups -OCH3 is 1. The number of hydroxylamine groups is 1. The number of hydrogen-bond acceptors (Lipinski definition) is 13. The molecule has 18 heteroatoms. The number of thioether (sulfide) groups is 1. The van der Waals surface area contributed by atoms with E-state index in [1.807, 2.05) is 59.5 Å². The molecule has 2 amide bonds. The monoisotopic (exact) mass is 1430 g/mol. The first-order valence-electron chi connectivity index (χ1n) is 35.4. The van der Waals surface area contributed by atoms with Crippen LogP contribution >= 0.6 is 35.3 Å². The van der Waals surface area contributed by atoms with E-state index in [1.54, 1.807) is 19.2 Å². The lowest BCUT2D eigenvalue weighted by Gasteiger charge is -2.27. The van der Waals surface area contributed by atoms with Crippen molar-refractivity contribution in [2.45, 2.75) is 75.5 Å². The zero-order valence-electron chi connectivity index (χ0n) is 57.9. The summed E-state index contributed by atoms with van der Waals surface area (Å²) in [5.41, 5.74) is 21.9. The molecule has 2 N–H and O–H groups in total. The Morgan fingerprint density at radius 2 is 1.29 bits per heavy atom. The molecule has 2 aliphatic carbocycles. The standard InChI is InChI=1S/C86H77N9O6S3/c1-87-67(50-60-28-36-77-73(52-60)70-16-10-18-75(70)94(77)68-32-24-58(25-33-68)21-20-57-22-30-66(31-23-57)85(99)100-3)56-101-89-43-49-92-46-40-63(41-47-92)62-38-44-91(45-39-62)48-42-88-80(96)55-93-82(97)79(103-84(93)81-83(98)90(2)86(102)104-81)54-61-29-37-78-74(53-61)71-17-11-19-76(71)95(78)69-34-26-59(27-35-69)51-72(64-12-6-4-7-13-64)65-14-8-5-9-15-65/h4-9,12-15,20-41,44-46,50-54,70-71,75-76,89H,10-11,16-19,42-43,47-49,55-56H2,2-3H3/p+1/b21-20+,67-50-,79-54+,84-81+. The number of benzene rings is 7. The molecule has 15 nitrogen and oxygen atoms in total. The molecule has 0 radical (unpaired) electrons. The Hall–Kier alpha value is -10.8. The van der Waals surface area contributed by atoms with Crippen molar-refractivity contribution in [3.05, 3.63) is 311 Å². The Morgan fingerprint density at radius 1 is 0.692 bits per heavy atom. The maximum Gasteiger partial charge on any atom is 0.337 e. The summed E-state index contributed by atoms with van der Waals surface area (Å²) >= 11 is 7.91. The van der Waals surface area contributed by atoms with Gasteiger partial charge in [0.25, 0.3) is 11.5 Å². The van der Waals surface area contributed by atoms with Gasteiger partial charge in [-0.1, -0.05) is 176 Å². The Labute approximate surface area is 619 Å². The lowest BCUT2D eigenvalue weighted by atomic mass is 9.95. The molecule has 9 aromatic rings. The molecule has 1 saturated heterocycles. The SMILES string of the molecule is [C-]#[N+]/C(=C\c1ccc2c(c1)C1CCCC1N2c1ccc(/C=C/c2ccc(C(=O)OC)cc2)cc1)CONCCN1C=CC(c2cc[n+](CCNC(=O)Cn3c(=O)/c(=C\c4ccc5c(c4)C4CCCC4N5c4ccc(C=C(c5ccccc5)c5ccccc5)cc4)s/c3=C3/SC(=S)N(C)C3=O)cc2)=CC1. The minimum Gasteiger partial charge on any atom is -0.465 e. The number of allylic oxidation sites excluding steroid dienone is 2. The number of fused-ring (bicyclic) bond motifs is 6. The van der Waals surface area contributed by atoms with Crippen LogP contribution in [0.1, 0.15) is 116 Å². The second-order valence-corrected chi connectivity index (χ2v) is 29.6. The van der Waals surface area contributed by atoms with Gasteiger partial charge in [0.15, 0.2) is 24.6 Å². The van der Waals surface area contributed by atoms with Gasteiger partial charge in [-0.25, -0.2) is 19.7 Å². The summed E-state index contributed by atoms with van der Waals surface area (Å²) in [6.07, 6.45) is 27.3. The highest BCUT2D eigenvalue weighted by Crippen LogP contribution is 2.54. The maximum atomic E-state index is 14.5. The lowest BCUT2D eigenvalue weighted by molar-refractivity contribution is -0.694. The van der Waals surface area contributed by atoms with Crippen molar-refractivity contribution >= 4 is 127 Å². The largest absolute Gasteiger partial charge is 0.465 e. The van der Waals surface area contributed by atoms with Gasteiger partial charge in [-0.05, 0) is 171 Å². The third-order valence-corrected chi connectivity index (χ3v) is 23.4. The summed E-state index contributed by atoms with van der Waals surface area (Å²) in [7, 11) is 3.02. The van der Waals surface area contributed by atoms with E-state index in [4.69, 9.17) is 28.4 Å². The second kappa shape index (κ2) is 31.0. The summed E-state index contributed by atoms with van der Waals surface area (Å²) in [6.45, 7) is 10.7. The molecule has 15 rings (SSSR count). The first-order chi connectivity index (χ1) is 50.9. The molecular weight excluding hydrogens is 1350 g/mol. The number of rotatable bonds is 22. The maximum absolute atomic E-state index is 14.5. The number of hydrogen-bond donors (Lipinski definition) is 2. The molecule has 7 aromatic carbocycles. The molecule has 520 valence electrons. The van der Waals surface area contributed by atoms with E-state index < -0.39 is 0 Å². The highest BCUT2D eigenvalue weighted by molar-refractivity contribution is 8.30. The molecule has 3 fully saturated rings. The summed E-state index contributed by atoms with van der Waals surface area (Å²) in [4.78, 5) is 72.5. The average Bonchev–Trinajstić information content (AvgIpc) is 1.60. The van der Waals surface area contributed by atoms with Gasteiger partial charge in [-0.2, -0.15) is 0 Å². The van der Waals surface area contributed by atoms with Crippen LogP contribution in [-0.2, 0) is 32.3 Å². The first-order valence-corrected chi connectivity index (χ1v) is 37.5. The van der Waals surface area contributed by atoms with Crippen LogP contribution < -0.4 is 39.9 Å². The summed E-state index contributed by atoms with van der Waals surface area (Å²) in [5, 5.41) is 3.02. The van der Waals surface area contributed by atoms with E-state index >= 15 is 0 Å². The predicted molar refractivity (Wildman–Crippen MR) is 422 cm³/mol. The topological polar surface area (TPSA) is 137 Å². The van der Waals surface area contributed by atoms with Crippen molar-refractivity contribution in [1.82, 2.24) is 25.2 Å². The summed E-state index contributed by atoms with van der Waals surface area (Å²) in [6, 6.07) is 63.9. The Morgan fingerprint density at radius 3 is 1.88 bits per heavy atom. The van der Waals surface area contributed by atoms with Crippen LogP contribution in [0.3, 0.4) is 0 Å². The second-order valence-electron chi connectivity index (χ2n) is 26.9. The molecule has 6 aliphatic rings. The molecule has 4 atom stereocenters. The minimum absolute atomic E-state index is 0.147. The molecule has 4 unspecified atom stereocenters. The number of aromatic nitrogens is 2. The van der Waals surface area contributed by atoms with Crippen LogP contribution in [0.4, 0.5) is 22.7 Å². The van der Waals surface area contributed by atoms with Crippen LogP contribution in [0, 0.1) is 6.57 Å². The number of ether oxygens (including phenoxy) is 1. The fourth-order valence-electron chi connectivity index (χ4n) is 15.3. The summed E-state index contributed by atoms with van der Waals surface area (Å²) < 4.78 is 9.51. The fourth-order valence-corrected chi connectivity index (χ4v) is 17.8. The number of nitrogens with zero attached hydrogens (tertiary/aromatic N) is 7. The smallest absolute Gasteiger partial charge is 0.337 e. The molecule has 0 bridgehead atoms. The Balaban J connectivity index is 0.530. The van der Waals surface area contributed by atoms with Gasteiger partial charge in [0.1, 0.15) is 27.0 Å². The fraction of sp³-hybridized carbons (Fsp3) is 0.221. The van der Waals surface area contributed by atoms with E-state index in [1.165, 1.54) is 79.2 Å². The number of esters is 1. The highest BCUT2D eigenvalue weighted by Gasteiger charge is 2.44. The molecule has 6 heterocycles. The van der Waals surface area contributed by atoms with E-state index in [0.29, 0.717) is 79.8 Å². The normalized spacial score (nSPS) is 18.8. The van der Waals surface area contributed by atoms with Gasteiger partial charge >= 0.3 is 5.97 Å². The molecule has 2 aromatic heterocycles.